The molecule has 2 N–H and O–H groups in total. The molecule has 2 aromatic rings. The number of benzene rings is 2. The first-order valence-electron chi connectivity index (χ1n) is 22.0. The number of alkyl halides is 3. The Hall–Kier alpha value is -4.94. The number of ketones is 1. The van der Waals surface area contributed by atoms with Gasteiger partial charge in [0.2, 0.25) is 9.90 Å². The standard InChI is InChI=1S/C48H54Cl3NO16/c1-24-30(64-40(57)35(65-42(59)62-23-48(49,50)51)33(27-15-11-9-12-16-27)52-41(58)68-43(4,5)6)21-47(60)38(66-39(56)28-17-13-10-14-18-28)36-45(37(55)34(63-25(2)53)32(24)44(47,7)8)20-29(45)19-31-46(36,22-61-31)67-26(3)54/h9-18,29,31-36,38,60H,19-23H2,1-8H3,(H,52,58)/t29-,31-,32?,33+,34-,35-,36+,38+,45-,46+,47-/m1/s1. The highest BCUT2D eigenvalue weighted by molar-refractivity contribution is 6.67. The van der Waals surface area contributed by atoms with Gasteiger partial charge in [-0.05, 0) is 69.7 Å². The van der Waals surface area contributed by atoms with E-state index < -0.39 is 135 Å². The van der Waals surface area contributed by atoms with Gasteiger partial charge in [0.15, 0.2) is 17.5 Å². The van der Waals surface area contributed by atoms with Crippen LogP contribution in [0.3, 0.4) is 0 Å². The van der Waals surface area contributed by atoms with Gasteiger partial charge in [0.1, 0.15) is 41.8 Å². The topological polar surface area (TPSA) is 226 Å². The lowest BCUT2D eigenvalue weighted by Gasteiger charge is -2.64. The first kappa shape index (κ1) is 50.9. The second-order valence-corrected chi connectivity index (χ2v) is 22.2. The SMILES string of the molecule is CC(=O)O[C@H]1C(=O)[C@]23C[C@H]2C[C@H]2OC[C@@]2(OC(C)=O)[C@H]3[C@H](OC(=O)c2ccccc2)[C@]2(O)CC(OC(=O)[C@H](OC(=O)OCC(Cl)(Cl)Cl)[C@@H](NC(=O)OC(C)(C)C)c3ccccc3)=C(C)C1C2(C)C. The van der Waals surface area contributed by atoms with Crippen LogP contribution in [-0.4, -0.2) is 105 Å². The lowest BCUT2D eigenvalue weighted by Crippen LogP contribution is -2.78. The maximum atomic E-state index is 15.7. The minimum atomic E-state index is -2.36. The monoisotopic (exact) mass is 1010 g/mol. The normalized spacial score (nSPS) is 30.9. The van der Waals surface area contributed by atoms with Gasteiger partial charge in [-0.2, -0.15) is 0 Å². The zero-order chi connectivity index (χ0) is 49.9. The first-order chi connectivity index (χ1) is 31.6. The number of rotatable bonds is 11. The molecule has 68 heavy (non-hydrogen) atoms. The molecule has 2 bridgehead atoms. The van der Waals surface area contributed by atoms with Crippen molar-refractivity contribution in [2.45, 2.75) is 126 Å². The van der Waals surface area contributed by atoms with Crippen molar-refractivity contribution in [1.82, 2.24) is 5.32 Å². The van der Waals surface area contributed by atoms with Crippen molar-refractivity contribution in [2.75, 3.05) is 13.2 Å². The zero-order valence-corrected chi connectivity index (χ0v) is 40.9. The molecular formula is C48H54Cl3NO16. The summed E-state index contributed by atoms with van der Waals surface area (Å²) in [6, 6.07) is 14.3. The lowest BCUT2D eigenvalue weighted by atomic mass is 9.47. The predicted molar refractivity (Wildman–Crippen MR) is 240 cm³/mol. The van der Waals surface area contributed by atoms with Crippen LogP contribution in [-0.2, 0) is 57.1 Å². The molecule has 11 atom stereocenters. The lowest BCUT2D eigenvalue weighted by molar-refractivity contribution is -0.326. The van der Waals surface area contributed by atoms with E-state index in [2.05, 4.69) is 5.32 Å². The van der Waals surface area contributed by atoms with Gasteiger partial charge in [-0.3, -0.25) is 14.4 Å². The number of aliphatic hydroxyl groups is 1. The summed E-state index contributed by atoms with van der Waals surface area (Å²) in [5.41, 5.74) is -7.60. The molecule has 368 valence electrons. The van der Waals surface area contributed by atoms with E-state index in [0.717, 1.165) is 6.92 Å². The summed E-state index contributed by atoms with van der Waals surface area (Å²) in [5.74, 6) is -7.68. The number of amides is 1. The van der Waals surface area contributed by atoms with Gasteiger partial charge in [0.05, 0.1) is 18.1 Å². The third-order valence-electron chi connectivity index (χ3n) is 13.8. The van der Waals surface area contributed by atoms with Gasteiger partial charge < -0.3 is 48.3 Å². The average Bonchev–Trinajstić information content (AvgIpc) is 3.97. The Morgan fingerprint density at radius 1 is 0.926 bits per heavy atom. The van der Waals surface area contributed by atoms with Crippen LogP contribution < -0.4 is 5.32 Å². The van der Waals surface area contributed by atoms with E-state index in [-0.39, 0.29) is 41.9 Å². The molecule has 0 radical (unpaired) electrons. The molecule has 4 fully saturated rings. The highest BCUT2D eigenvalue weighted by atomic mass is 35.6. The minimum absolute atomic E-state index is 0.0945. The summed E-state index contributed by atoms with van der Waals surface area (Å²) in [6.07, 6.45) is -8.94. The van der Waals surface area contributed by atoms with Gasteiger partial charge in [0.25, 0.3) is 0 Å². The van der Waals surface area contributed by atoms with Crippen molar-refractivity contribution in [3.63, 3.8) is 0 Å². The van der Waals surface area contributed by atoms with Crippen LogP contribution in [0, 0.1) is 28.6 Å². The number of Topliss-reactive ketones (excluding diaryl/α,β-unsaturated/α-hetero) is 1. The minimum Gasteiger partial charge on any atom is -0.455 e. The van der Waals surface area contributed by atoms with Crippen LogP contribution >= 0.6 is 34.8 Å². The van der Waals surface area contributed by atoms with Gasteiger partial charge in [-0.15, -0.1) is 0 Å². The Kier molecular flexibility index (Phi) is 13.8. The molecule has 1 heterocycles. The number of alkyl carbamates (subject to hydrolysis) is 1. The largest absolute Gasteiger partial charge is 0.509 e. The fourth-order valence-corrected chi connectivity index (χ4v) is 11.1. The number of halogens is 3. The number of esters is 4. The number of carbonyl (C=O) groups excluding carboxylic acids is 7. The quantitative estimate of drug-likeness (QED) is 0.129. The fourth-order valence-electron chi connectivity index (χ4n) is 10.9. The number of ether oxygens (including phenoxy) is 8. The molecule has 1 aliphatic heterocycles. The second kappa shape index (κ2) is 18.4. The van der Waals surface area contributed by atoms with Crippen molar-refractivity contribution < 1.29 is 76.6 Å². The van der Waals surface area contributed by atoms with E-state index in [1.165, 1.54) is 38.1 Å². The molecule has 7 rings (SSSR count). The van der Waals surface area contributed by atoms with Crippen LogP contribution in [0.15, 0.2) is 72.0 Å². The maximum Gasteiger partial charge on any atom is 0.509 e. The Bertz CT molecular complexity index is 2380. The third-order valence-corrected chi connectivity index (χ3v) is 14.2. The van der Waals surface area contributed by atoms with Crippen LogP contribution in [0.4, 0.5) is 9.59 Å². The Labute approximate surface area is 407 Å². The molecule has 1 amide bonds. The van der Waals surface area contributed by atoms with Crippen molar-refractivity contribution in [3.05, 3.63) is 83.1 Å². The van der Waals surface area contributed by atoms with Crippen molar-refractivity contribution >= 4 is 76.7 Å². The average molecular weight is 1010 g/mol. The predicted octanol–water partition coefficient (Wildman–Crippen LogP) is 7.21. The molecule has 2 aromatic carbocycles. The molecule has 3 saturated carbocycles. The summed E-state index contributed by atoms with van der Waals surface area (Å²) in [5, 5.41) is 16.4. The molecule has 5 aliphatic rings. The molecule has 1 saturated heterocycles. The number of hydrogen-bond donors (Lipinski definition) is 2. The Balaban J connectivity index is 1.40. The van der Waals surface area contributed by atoms with Gasteiger partial charge >= 0.3 is 36.1 Å². The summed E-state index contributed by atoms with van der Waals surface area (Å²) in [4.78, 5) is 98.1. The van der Waals surface area contributed by atoms with Crippen molar-refractivity contribution in [2.24, 2.45) is 28.6 Å². The highest BCUT2D eigenvalue weighted by Gasteiger charge is 2.84. The number of nitrogens with one attached hydrogen (secondary N) is 1. The number of hydrogen-bond acceptors (Lipinski definition) is 16. The van der Waals surface area contributed by atoms with Crippen LogP contribution in [0.1, 0.15) is 96.6 Å². The fraction of sp³-hybridized carbons (Fsp3) is 0.562. The van der Waals surface area contributed by atoms with E-state index in [1.54, 1.807) is 71.0 Å². The molecule has 20 heteroatoms. The maximum absolute atomic E-state index is 15.7. The first-order valence-corrected chi connectivity index (χ1v) is 23.2. The van der Waals surface area contributed by atoms with E-state index in [0.29, 0.717) is 0 Å². The zero-order valence-electron chi connectivity index (χ0n) is 38.6. The van der Waals surface area contributed by atoms with Crippen LogP contribution in [0.5, 0.6) is 0 Å². The molecule has 4 aliphatic carbocycles. The summed E-state index contributed by atoms with van der Waals surface area (Å²) >= 11 is 17.5. The van der Waals surface area contributed by atoms with Crippen LogP contribution in [0.25, 0.3) is 0 Å². The van der Waals surface area contributed by atoms with Crippen LogP contribution in [0.2, 0.25) is 0 Å². The summed E-state index contributed by atoms with van der Waals surface area (Å²) in [6.45, 7) is 10.8. The molecule has 1 spiro atoms. The number of carbonyl (C=O) groups is 7. The van der Waals surface area contributed by atoms with E-state index in [1.807, 2.05) is 0 Å². The molecular weight excluding hydrogens is 953 g/mol. The molecule has 1 unspecified atom stereocenters. The second-order valence-electron chi connectivity index (χ2n) is 19.6. The Morgan fingerprint density at radius 2 is 1.56 bits per heavy atom. The van der Waals surface area contributed by atoms with Crippen molar-refractivity contribution in [3.8, 4) is 0 Å². The molecule has 17 nitrogen and oxygen atoms in total. The van der Waals surface area contributed by atoms with Gasteiger partial charge in [-0.1, -0.05) is 97.2 Å². The van der Waals surface area contributed by atoms with E-state index in [9.17, 15) is 33.9 Å². The van der Waals surface area contributed by atoms with Crippen molar-refractivity contribution in [1.29, 1.82) is 0 Å². The smallest absolute Gasteiger partial charge is 0.455 e. The number of fused-ring (bicyclic) bond motifs is 4. The molecule has 0 aromatic heterocycles. The van der Waals surface area contributed by atoms with Gasteiger partial charge in [-0.25, -0.2) is 19.2 Å². The van der Waals surface area contributed by atoms with E-state index >= 15 is 4.79 Å². The van der Waals surface area contributed by atoms with E-state index in [4.69, 9.17) is 72.7 Å². The van der Waals surface area contributed by atoms with Gasteiger partial charge in [0, 0.05) is 37.0 Å². The third kappa shape index (κ3) is 9.53. The summed E-state index contributed by atoms with van der Waals surface area (Å²) < 4.78 is 44.9. The highest BCUT2D eigenvalue weighted by Crippen LogP contribution is 2.75. The summed E-state index contributed by atoms with van der Waals surface area (Å²) in [7, 11) is 0. The Morgan fingerprint density at radius 3 is 2.12 bits per heavy atom.